The second-order valence-corrected chi connectivity index (χ2v) is 3.27. The molecule has 0 atom stereocenters. The standard InChI is InChI=1S/C8H16N6O/c1-6(2)12-8(13-9)10-4-3-7-11-5-15-14-7/h5-6H,3-4,9H2,1-2H3,(H2,10,12,13). The first-order valence-corrected chi connectivity index (χ1v) is 4.75. The number of hydrazine groups is 1. The summed E-state index contributed by atoms with van der Waals surface area (Å²) in [5, 5.41) is 6.73. The minimum absolute atomic E-state index is 0.282. The highest BCUT2D eigenvalue weighted by Crippen LogP contribution is 1.90. The van der Waals surface area contributed by atoms with Gasteiger partial charge in [0, 0.05) is 12.5 Å². The highest BCUT2D eigenvalue weighted by atomic mass is 16.5. The number of nitrogens with two attached hydrogens (primary N) is 1. The molecule has 0 bridgehead atoms. The van der Waals surface area contributed by atoms with Crippen LogP contribution in [0.1, 0.15) is 19.7 Å². The van der Waals surface area contributed by atoms with Gasteiger partial charge >= 0.3 is 0 Å². The van der Waals surface area contributed by atoms with Gasteiger partial charge in [-0.15, -0.1) is 0 Å². The van der Waals surface area contributed by atoms with E-state index in [9.17, 15) is 0 Å². The Kier molecular flexibility index (Phi) is 4.55. The molecule has 0 radical (unpaired) electrons. The number of aliphatic imine (C=N–C) groups is 1. The summed E-state index contributed by atoms with van der Waals surface area (Å²) in [5.41, 5.74) is 2.49. The maximum Gasteiger partial charge on any atom is 0.213 e. The van der Waals surface area contributed by atoms with E-state index in [1.165, 1.54) is 6.39 Å². The summed E-state index contributed by atoms with van der Waals surface area (Å²) in [6.07, 6.45) is 1.93. The van der Waals surface area contributed by atoms with Crippen LogP contribution in [0.15, 0.2) is 15.9 Å². The lowest BCUT2D eigenvalue weighted by molar-refractivity contribution is 0.410. The predicted octanol–water partition coefficient (Wildman–Crippen LogP) is -0.571. The summed E-state index contributed by atoms with van der Waals surface area (Å²) in [6.45, 7) is 4.57. The van der Waals surface area contributed by atoms with Gasteiger partial charge in [0.15, 0.2) is 5.82 Å². The molecule has 0 spiro atoms. The van der Waals surface area contributed by atoms with Crippen LogP contribution in [0.4, 0.5) is 0 Å². The first-order valence-electron chi connectivity index (χ1n) is 4.75. The van der Waals surface area contributed by atoms with E-state index in [4.69, 9.17) is 5.84 Å². The van der Waals surface area contributed by atoms with E-state index in [0.29, 0.717) is 24.7 Å². The Hall–Kier alpha value is -1.63. The normalized spacial score (nSPS) is 11.9. The van der Waals surface area contributed by atoms with Gasteiger partial charge in [0.2, 0.25) is 12.4 Å². The molecular weight excluding hydrogens is 196 g/mol. The molecule has 0 aliphatic carbocycles. The van der Waals surface area contributed by atoms with E-state index in [1.807, 2.05) is 13.8 Å². The van der Waals surface area contributed by atoms with E-state index in [2.05, 4.69) is 30.4 Å². The maximum absolute atomic E-state index is 5.29. The molecule has 0 aromatic carbocycles. The highest BCUT2D eigenvalue weighted by Gasteiger charge is 2.00. The second-order valence-electron chi connectivity index (χ2n) is 3.27. The smallest absolute Gasteiger partial charge is 0.213 e. The van der Waals surface area contributed by atoms with Crippen LogP contribution >= 0.6 is 0 Å². The Balaban J connectivity index is 2.34. The Labute approximate surface area is 88.1 Å². The fraction of sp³-hybridized carbons (Fsp3) is 0.625. The van der Waals surface area contributed by atoms with Gasteiger partial charge in [-0.25, -0.2) is 5.84 Å². The van der Waals surface area contributed by atoms with E-state index in [1.54, 1.807) is 0 Å². The molecule has 1 heterocycles. The SMILES string of the molecule is CC(C)NC(=NCCc1ncon1)NN. The molecule has 7 heteroatoms. The summed E-state index contributed by atoms with van der Waals surface area (Å²) >= 11 is 0. The highest BCUT2D eigenvalue weighted by molar-refractivity contribution is 5.79. The summed E-state index contributed by atoms with van der Waals surface area (Å²) < 4.78 is 4.60. The second kappa shape index (κ2) is 5.97. The molecule has 0 saturated heterocycles. The number of guanidine groups is 1. The third-order valence-electron chi connectivity index (χ3n) is 1.57. The summed E-state index contributed by atoms with van der Waals surface area (Å²) in [7, 11) is 0. The van der Waals surface area contributed by atoms with Crippen LogP contribution in [0.2, 0.25) is 0 Å². The van der Waals surface area contributed by atoms with Gasteiger partial charge in [0.25, 0.3) is 0 Å². The van der Waals surface area contributed by atoms with Gasteiger partial charge in [-0.05, 0) is 13.8 Å². The van der Waals surface area contributed by atoms with Crippen LogP contribution in [0.25, 0.3) is 0 Å². The predicted molar refractivity (Wildman–Crippen MR) is 55.9 cm³/mol. The number of rotatable bonds is 4. The van der Waals surface area contributed by atoms with Crippen LogP contribution in [0.3, 0.4) is 0 Å². The lowest BCUT2D eigenvalue weighted by atomic mass is 10.4. The van der Waals surface area contributed by atoms with E-state index in [-0.39, 0.29) is 6.04 Å². The average Bonchev–Trinajstić information content (AvgIpc) is 2.68. The fourth-order valence-electron chi connectivity index (χ4n) is 0.977. The van der Waals surface area contributed by atoms with Gasteiger partial charge in [-0.2, -0.15) is 4.98 Å². The molecule has 0 saturated carbocycles. The maximum atomic E-state index is 5.29. The number of nitrogens with zero attached hydrogens (tertiary/aromatic N) is 3. The molecule has 0 fully saturated rings. The molecule has 15 heavy (non-hydrogen) atoms. The van der Waals surface area contributed by atoms with Gasteiger partial charge in [-0.3, -0.25) is 10.4 Å². The first-order chi connectivity index (χ1) is 7.22. The fourth-order valence-corrected chi connectivity index (χ4v) is 0.977. The van der Waals surface area contributed by atoms with Gasteiger partial charge in [-0.1, -0.05) is 5.16 Å². The molecule has 7 nitrogen and oxygen atoms in total. The molecule has 1 rings (SSSR count). The number of nitrogens with one attached hydrogen (secondary N) is 2. The molecule has 0 amide bonds. The van der Waals surface area contributed by atoms with Gasteiger partial charge in [0.1, 0.15) is 0 Å². The van der Waals surface area contributed by atoms with Crippen molar-refractivity contribution in [2.75, 3.05) is 6.54 Å². The lowest BCUT2D eigenvalue weighted by Gasteiger charge is -2.11. The largest absolute Gasteiger partial charge is 0.353 e. The van der Waals surface area contributed by atoms with Crippen molar-refractivity contribution < 1.29 is 4.52 Å². The molecule has 0 unspecified atom stereocenters. The van der Waals surface area contributed by atoms with Crippen molar-refractivity contribution >= 4 is 5.96 Å². The molecule has 1 aromatic heterocycles. The van der Waals surface area contributed by atoms with Crippen molar-refractivity contribution in [1.29, 1.82) is 0 Å². The zero-order chi connectivity index (χ0) is 11.1. The van der Waals surface area contributed by atoms with E-state index >= 15 is 0 Å². The van der Waals surface area contributed by atoms with Crippen LogP contribution in [-0.2, 0) is 6.42 Å². The molecule has 1 aromatic rings. The summed E-state index contributed by atoms with van der Waals surface area (Å²) in [5.74, 6) is 6.49. The zero-order valence-corrected chi connectivity index (χ0v) is 8.90. The van der Waals surface area contributed by atoms with Crippen LogP contribution in [-0.4, -0.2) is 28.7 Å². The van der Waals surface area contributed by atoms with E-state index < -0.39 is 0 Å². The molecular formula is C8H16N6O. The van der Waals surface area contributed by atoms with Crippen molar-refractivity contribution in [3.63, 3.8) is 0 Å². The summed E-state index contributed by atoms with van der Waals surface area (Å²) in [6, 6.07) is 0.282. The van der Waals surface area contributed by atoms with Crippen molar-refractivity contribution in [2.24, 2.45) is 10.8 Å². The van der Waals surface area contributed by atoms with Crippen molar-refractivity contribution in [3.05, 3.63) is 12.2 Å². The van der Waals surface area contributed by atoms with Gasteiger partial charge in [0.05, 0.1) is 6.54 Å². The monoisotopic (exact) mass is 212 g/mol. The first kappa shape index (κ1) is 11.4. The van der Waals surface area contributed by atoms with Crippen LogP contribution in [0, 0.1) is 0 Å². The minimum Gasteiger partial charge on any atom is -0.353 e. The topological polar surface area (TPSA) is 101 Å². The molecule has 4 N–H and O–H groups in total. The number of hydrogen-bond donors (Lipinski definition) is 3. The molecule has 84 valence electrons. The third kappa shape index (κ3) is 4.41. The minimum atomic E-state index is 0.282. The molecule has 0 aliphatic rings. The summed E-state index contributed by atoms with van der Waals surface area (Å²) in [4.78, 5) is 8.09. The van der Waals surface area contributed by atoms with Crippen molar-refractivity contribution in [2.45, 2.75) is 26.3 Å². The quantitative estimate of drug-likeness (QED) is 0.267. The Morgan fingerprint density at radius 3 is 3.00 bits per heavy atom. The molecule has 0 aliphatic heterocycles. The number of hydrogen-bond acceptors (Lipinski definition) is 5. The van der Waals surface area contributed by atoms with E-state index in [0.717, 1.165) is 0 Å². The Bertz CT molecular complexity index is 294. The third-order valence-corrected chi connectivity index (χ3v) is 1.57. The lowest BCUT2D eigenvalue weighted by Crippen LogP contribution is -2.44. The number of aromatic nitrogens is 2. The van der Waals surface area contributed by atoms with Gasteiger partial charge < -0.3 is 9.84 Å². The van der Waals surface area contributed by atoms with Crippen molar-refractivity contribution in [1.82, 2.24) is 20.9 Å². The Morgan fingerprint density at radius 1 is 1.67 bits per heavy atom. The van der Waals surface area contributed by atoms with Crippen LogP contribution in [0.5, 0.6) is 0 Å². The Morgan fingerprint density at radius 2 is 2.47 bits per heavy atom. The zero-order valence-electron chi connectivity index (χ0n) is 8.90. The van der Waals surface area contributed by atoms with Crippen LogP contribution < -0.4 is 16.6 Å². The average molecular weight is 212 g/mol. The van der Waals surface area contributed by atoms with Crippen molar-refractivity contribution in [3.8, 4) is 0 Å².